The Bertz CT molecular complexity index is 874. The Hall–Kier alpha value is -2.28. The number of anilines is 2. The molecule has 30 heavy (non-hydrogen) atoms. The smallest absolute Gasteiger partial charge is 0.321 e. The van der Waals surface area contributed by atoms with Gasteiger partial charge in [-0.1, -0.05) is 41.4 Å². The summed E-state index contributed by atoms with van der Waals surface area (Å²) in [6.07, 6.45) is 1.74. The molecule has 3 rings (SSSR count). The Balaban J connectivity index is 1.52. The number of carbonyl (C=O) groups excluding carboxylic acids is 2. The zero-order valence-corrected chi connectivity index (χ0v) is 18.6. The zero-order chi connectivity index (χ0) is 21.7. The van der Waals surface area contributed by atoms with Gasteiger partial charge in [0, 0.05) is 18.8 Å². The second kappa shape index (κ2) is 10.2. The minimum atomic E-state index is -0.192. The van der Waals surface area contributed by atoms with E-state index in [4.69, 9.17) is 23.2 Å². The summed E-state index contributed by atoms with van der Waals surface area (Å²) in [5, 5.41) is 6.56. The van der Waals surface area contributed by atoms with Crippen LogP contribution in [-0.4, -0.2) is 55.5 Å². The van der Waals surface area contributed by atoms with Gasteiger partial charge in [0.15, 0.2) is 0 Å². The molecule has 0 unspecified atom stereocenters. The lowest BCUT2D eigenvalue weighted by Crippen LogP contribution is -2.40. The van der Waals surface area contributed by atoms with Crippen molar-refractivity contribution >= 4 is 46.5 Å². The van der Waals surface area contributed by atoms with E-state index in [1.165, 1.54) is 5.56 Å². The van der Waals surface area contributed by atoms with Crippen molar-refractivity contribution < 1.29 is 9.59 Å². The predicted octanol–water partition coefficient (Wildman–Crippen LogP) is 4.91. The van der Waals surface area contributed by atoms with E-state index in [1.54, 1.807) is 23.1 Å². The van der Waals surface area contributed by atoms with Crippen molar-refractivity contribution in [3.63, 3.8) is 0 Å². The molecule has 6 nitrogen and oxygen atoms in total. The third-order valence-electron chi connectivity index (χ3n) is 5.10. The van der Waals surface area contributed by atoms with Gasteiger partial charge >= 0.3 is 6.03 Å². The normalized spacial score (nSPS) is 14.6. The minimum Gasteiger partial charge on any atom is -0.325 e. The van der Waals surface area contributed by atoms with Crippen LogP contribution in [0.3, 0.4) is 0 Å². The fourth-order valence-electron chi connectivity index (χ4n) is 3.55. The fourth-order valence-corrected chi connectivity index (χ4v) is 4.04. The lowest BCUT2D eigenvalue weighted by molar-refractivity contribution is -0.116. The number of hydrogen-bond donors (Lipinski definition) is 2. The molecular formula is C22H26Cl2N4O2. The van der Waals surface area contributed by atoms with Crippen molar-refractivity contribution in [1.82, 2.24) is 9.80 Å². The summed E-state index contributed by atoms with van der Waals surface area (Å²) in [4.78, 5) is 28.1. The van der Waals surface area contributed by atoms with Gasteiger partial charge < -0.3 is 20.4 Å². The maximum atomic E-state index is 12.6. The van der Waals surface area contributed by atoms with E-state index in [0.717, 1.165) is 18.5 Å². The van der Waals surface area contributed by atoms with Crippen LogP contribution < -0.4 is 10.6 Å². The van der Waals surface area contributed by atoms with Gasteiger partial charge in [0.1, 0.15) is 0 Å². The first-order valence-corrected chi connectivity index (χ1v) is 10.6. The van der Waals surface area contributed by atoms with Crippen molar-refractivity contribution in [2.24, 2.45) is 0 Å². The number of rotatable bonds is 5. The summed E-state index contributed by atoms with van der Waals surface area (Å²) in [5.74, 6) is 0.343. The zero-order valence-electron chi connectivity index (χ0n) is 17.1. The highest BCUT2D eigenvalue weighted by Gasteiger charge is 2.24. The Kier molecular flexibility index (Phi) is 7.58. The number of piperidine rings is 1. The molecule has 8 heteroatoms. The van der Waals surface area contributed by atoms with Gasteiger partial charge in [-0.05, 0) is 62.7 Å². The molecule has 2 aromatic carbocycles. The summed E-state index contributed by atoms with van der Waals surface area (Å²) in [7, 11) is 3.72. The number of nitrogens with zero attached hydrogens (tertiary/aromatic N) is 2. The number of carbonyl (C=O) groups is 2. The molecule has 0 spiro atoms. The average Bonchev–Trinajstić information content (AvgIpc) is 2.71. The number of amides is 3. The van der Waals surface area contributed by atoms with Crippen molar-refractivity contribution in [3.05, 3.63) is 58.1 Å². The molecule has 1 heterocycles. The molecule has 0 aromatic heterocycles. The van der Waals surface area contributed by atoms with Crippen molar-refractivity contribution in [2.75, 3.05) is 44.4 Å². The molecule has 3 amide bonds. The summed E-state index contributed by atoms with van der Waals surface area (Å²) >= 11 is 12.3. The van der Waals surface area contributed by atoms with E-state index in [0.29, 0.717) is 41.3 Å². The van der Waals surface area contributed by atoms with E-state index in [9.17, 15) is 9.59 Å². The SMILES string of the molecule is CN(C)CC(=O)Nc1ccc(C2CCN(C(=O)Nc3c(Cl)cccc3Cl)CC2)cc1. The predicted molar refractivity (Wildman–Crippen MR) is 123 cm³/mol. The largest absolute Gasteiger partial charge is 0.325 e. The van der Waals surface area contributed by atoms with Gasteiger partial charge in [0.05, 0.1) is 22.3 Å². The lowest BCUT2D eigenvalue weighted by Gasteiger charge is -2.32. The van der Waals surface area contributed by atoms with E-state index in [-0.39, 0.29) is 11.9 Å². The van der Waals surface area contributed by atoms with Crippen molar-refractivity contribution in [1.29, 1.82) is 0 Å². The minimum absolute atomic E-state index is 0.0364. The van der Waals surface area contributed by atoms with E-state index in [1.807, 2.05) is 31.1 Å². The maximum Gasteiger partial charge on any atom is 0.321 e. The third-order valence-corrected chi connectivity index (χ3v) is 5.73. The molecule has 0 saturated carbocycles. The Morgan fingerprint density at radius 2 is 1.60 bits per heavy atom. The Morgan fingerprint density at radius 3 is 2.17 bits per heavy atom. The van der Waals surface area contributed by atoms with Crippen LogP contribution in [0.2, 0.25) is 10.0 Å². The van der Waals surface area contributed by atoms with Gasteiger partial charge in [-0.2, -0.15) is 0 Å². The second-order valence-corrected chi connectivity index (χ2v) is 8.51. The number of nitrogens with one attached hydrogen (secondary N) is 2. The lowest BCUT2D eigenvalue weighted by atomic mass is 9.89. The molecule has 2 N–H and O–H groups in total. The number of para-hydroxylation sites is 1. The second-order valence-electron chi connectivity index (χ2n) is 7.70. The van der Waals surface area contributed by atoms with Crippen LogP contribution in [0.25, 0.3) is 0 Å². The van der Waals surface area contributed by atoms with Crippen LogP contribution in [0.1, 0.15) is 24.3 Å². The summed E-state index contributed by atoms with van der Waals surface area (Å²) in [6.45, 7) is 1.65. The molecule has 160 valence electrons. The van der Waals surface area contributed by atoms with Crippen molar-refractivity contribution in [2.45, 2.75) is 18.8 Å². The maximum absolute atomic E-state index is 12.6. The quantitative estimate of drug-likeness (QED) is 0.682. The van der Waals surface area contributed by atoms with Crippen LogP contribution in [-0.2, 0) is 4.79 Å². The third kappa shape index (κ3) is 5.88. The molecule has 2 aromatic rings. The Morgan fingerprint density at radius 1 is 1.00 bits per heavy atom. The summed E-state index contributed by atoms with van der Waals surface area (Å²) < 4.78 is 0. The van der Waals surface area contributed by atoms with Gasteiger partial charge in [0.2, 0.25) is 5.91 Å². The van der Waals surface area contributed by atoms with Gasteiger partial charge in [0.25, 0.3) is 0 Å². The molecule has 1 saturated heterocycles. The van der Waals surface area contributed by atoms with Gasteiger partial charge in [-0.25, -0.2) is 4.79 Å². The fraction of sp³-hybridized carbons (Fsp3) is 0.364. The highest BCUT2D eigenvalue weighted by molar-refractivity contribution is 6.39. The first-order chi connectivity index (χ1) is 14.3. The van der Waals surface area contributed by atoms with Crippen molar-refractivity contribution in [3.8, 4) is 0 Å². The van der Waals surface area contributed by atoms with E-state index < -0.39 is 0 Å². The van der Waals surface area contributed by atoms with Gasteiger partial charge in [-0.3, -0.25) is 4.79 Å². The van der Waals surface area contributed by atoms with Crippen LogP contribution in [0, 0.1) is 0 Å². The van der Waals surface area contributed by atoms with E-state index in [2.05, 4.69) is 22.8 Å². The summed E-state index contributed by atoms with van der Waals surface area (Å²) in [5.41, 5.74) is 2.45. The number of urea groups is 1. The highest BCUT2D eigenvalue weighted by atomic mass is 35.5. The first-order valence-electron chi connectivity index (χ1n) is 9.88. The molecular weight excluding hydrogens is 423 g/mol. The topological polar surface area (TPSA) is 64.7 Å². The molecule has 0 aliphatic carbocycles. The van der Waals surface area contributed by atoms with Crippen LogP contribution >= 0.6 is 23.2 Å². The highest BCUT2D eigenvalue weighted by Crippen LogP contribution is 2.32. The standard InChI is InChI=1S/C22H26Cl2N4O2/c1-27(2)14-20(29)25-17-8-6-15(7-9-17)16-10-12-28(13-11-16)22(30)26-21-18(23)4-3-5-19(21)24/h3-9,16H,10-14H2,1-2H3,(H,25,29)(H,26,30). The number of benzene rings is 2. The average molecular weight is 449 g/mol. The van der Waals surface area contributed by atoms with Crippen LogP contribution in [0.15, 0.2) is 42.5 Å². The molecule has 0 atom stereocenters. The van der Waals surface area contributed by atoms with E-state index >= 15 is 0 Å². The number of halogens is 2. The number of hydrogen-bond acceptors (Lipinski definition) is 3. The first kappa shape index (κ1) is 22.4. The van der Waals surface area contributed by atoms with Gasteiger partial charge in [-0.15, -0.1) is 0 Å². The molecule has 1 fully saturated rings. The number of likely N-dealkylation sites (tertiary alicyclic amines) is 1. The molecule has 1 aliphatic rings. The molecule has 1 aliphatic heterocycles. The molecule has 0 radical (unpaired) electrons. The number of likely N-dealkylation sites (N-methyl/N-ethyl adjacent to an activating group) is 1. The Labute approximate surface area is 187 Å². The molecule has 0 bridgehead atoms. The van der Waals surface area contributed by atoms with Crippen LogP contribution in [0.5, 0.6) is 0 Å². The van der Waals surface area contributed by atoms with Crippen LogP contribution in [0.4, 0.5) is 16.2 Å². The monoisotopic (exact) mass is 448 g/mol. The summed E-state index contributed by atoms with van der Waals surface area (Å²) in [6, 6.07) is 12.9.